The Morgan fingerprint density at radius 3 is 1.45 bits per heavy atom. The molecule has 0 aliphatic carbocycles. The smallest absolute Gasteiger partial charge is 0.167 e. The van der Waals surface area contributed by atoms with Crippen LogP contribution in [0.4, 0.5) is 0 Å². The first-order valence-electron chi connectivity index (χ1n) is 6.83. The van der Waals surface area contributed by atoms with E-state index in [4.69, 9.17) is 12.2 Å². The Morgan fingerprint density at radius 1 is 0.750 bits per heavy atom. The first kappa shape index (κ1) is 14.5. The summed E-state index contributed by atoms with van der Waals surface area (Å²) in [5, 5.41) is 7.31. The first-order valence-corrected chi connectivity index (χ1v) is 7.24. The molecule has 0 aliphatic heterocycles. The molecule has 2 N–H and O–H groups in total. The van der Waals surface area contributed by atoms with Gasteiger partial charge in [0.15, 0.2) is 5.11 Å². The van der Waals surface area contributed by atoms with Crippen molar-refractivity contribution in [2.45, 2.75) is 25.9 Å². The molecule has 0 bridgehead atoms. The lowest BCUT2D eigenvalue weighted by atomic mass is 10.1. The van der Waals surface area contributed by atoms with Crippen LogP contribution in [0.15, 0.2) is 60.7 Å². The largest absolute Gasteiger partial charge is 0.356 e. The molecule has 3 heteroatoms. The summed E-state index contributed by atoms with van der Waals surface area (Å²) >= 11 is 5.38. The fourth-order valence-corrected chi connectivity index (χ4v) is 2.44. The standard InChI is InChI=1S/C17H20N2S/c1-13(15-9-5-3-6-10-15)18-17(20)19-14(2)16-11-7-4-8-12-16/h3-14H,1-2H3,(H2,18,19,20)/t13-,14-/m0/s1. The highest BCUT2D eigenvalue weighted by Gasteiger charge is 2.09. The van der Waals surface area contributed by atoms with Gasteiger partial charge in [0, 0.05) is 0 Å². The summed E-state index contributed by atoms with van der Waals surface area (Å²) in [5.74, 6) is 0. The van der Waals surface area contributed by atoms with Crippen molar-refractivity contribution in [3.63, 3.8) is 0 Å². The molecule has 0 heterocycles. The second-order valence-electron chi connectivity index (χ2n) is 4.88. The van der Waals surface area contributed by atoms with Gasteiger partial charge in [0.05, 0.1) is 12.1 Å². The zero-order valence-electron chi connectivity index (χ0n) is 11.8. The third-order valence-electron chi connectivity index (χ3n) is 3.29. The van der Waals surface area contributed by atoms with E-state index >= 15 is 0 Å². The maximum atomic E-state index is 5.38. The van der Waals surface area contributed by atoms with Crippen molar-refractivity contribution in [1.29, 1.82) is 0 Å². The van der Waals surface area contributed by atoms with Crippen molar-refractivity contribution in [3.8, 4) is 0 Å². The zero-order chi connectivity index (χ0) is 14.4. The van der Waals surface area contributed by atoms with E-state index in [9.17, 15) is 0 Å². The molecule has 0 aromatic heterocycles. The first-order chi connectivity index (χ1) is 9.66. The lowest BCUT2D eigenvalue weighted by Crippen LogP contribution is -2.38. The summed E-state index contributed by atoms with van der Waals surface area (Å²) in [4.78, 5) is 0. The Hall–Kier alpha value is -1.87. The third-order valence-corrected chi connectivity index (χ3v) is 3.53. The summed E-state index contributed by atoms with van der Waals surface area (Å²) in [7, 11) is 0. The van der Waals surface area contributed by atoms with Crippen molar-refractivity contribution in [1.82, 2.24) is 10.6 Å². The molecule has 0 unspecified atom stereocenters. The van der Waals surface area contributed by atoms with Crippen LogP contribution in [0.2, 0.25) is 0 Å². The van der Waals surface area contributed by atoms with Crippen LogP contribution >= 0.6 is 12.2 Å². The highest BCUT2D eigenvalue weighted by Crippen LogP contribution is 2.13. The van der Waals surface area contributed by atoms with Crippen LogP contribution in [-0.2, 0) is 0 Å². The summed E-state index contributed by atoms with van der Waals surface area (Å²) in [6.07, 6.45) is 0. The van der Waals surface area contributed by atoms with Gasteiger partial charge in [0.1, 0.15) is 0 Å². The van der Waals surface area contributed by atoms with Crippen molar-refractivity contribution < 1.29 is 0 Å². The van der Waals surface area contributed by atoms with Crippen LogP contribution in [0.5, 0.6) is 0 Å². The Labute approximate surface area is 126 Å². The molecule has 0 fully saturated rings. The minimum atomic E-state index is 0.194. The van der Waals surface area contributed by atoms with Gasteiger partial charge in [-0.15, -0.1) is 0 Å². The van der Waals surface area contributed by atoms with Gasteiger partial charge in [0.2, 0.25) is 0 Å². The van der Waals surface area contributed by atoms with Crippen LogP contribution in [-0.4, -0.2) is 5.11 Å². The Morgan fingerprint density at radius 2 is 1.10 bits per heavy atom. The molecule has 2 aromatic carbocycles. The fraction of sp³-hybridized carbons (Fsp3) is 0.235. The Balaban J connectivity index is 1.90. The summed E-state index contributed by atoms with van der Waals surface area (Å²) < 4.78 is 0. The number of thiocarbonyl (C=S) groups is 1. The van der Waals surface area contributed by atoms with E-state index in [0.29, 0.717) is 5.11 Å². The molecule has 20 heavy (non-hydrogen) atoms. The average molecular weight is 284 g/mol. The topological polar surface area (TPSA) is 24.1 Å². The average Bonchev–Trinajstić information content (AvgIpc) is 2.49. The summed E-state index contributed by atoms with van der Waals surface area (Å²) in [6.45, 7) is 4.22. The molecule has 2 nitrogen and oxygen atoms in total. The fourth-order valence-electron chi connectivity index (χ4n) is 2.09. The van der Waals surface area contributed by atoms with Crippen LogP contribution in [0.3, 0.4) is 0 Å². The molecule has 104 valence electrons. The number of rotatable bonds is 4. The van der Waals surface area contributed by atoms with E-state index in [1.54, 1.807) is 0 Å². The lowest BCUT2D eigenvalue weighted by molar-refractivity contribution is 0.656. The molecule has 2 atom stereocenters. The van der Waals surface area contributed by atoms with Crippen LogP contribution in [0, 0.1) is 0 Å². The van der Waals surface area contributed by atoms with Crippen LogP contribution in [0.25, 0.3) is 0 Å². The van der Waals surface area contributed by atoms with Gasteiger partial charge in [-0.3, -0.25) is 0 Å². The molecule has 2 aromatic rings. The second-order valence-corrected chi connectivity index (χ2v) is 5.29. The van der Waals surface area contributed by atoms with Crippen molar-refractivity contribution in [2.75, 3.05) is 0 Å². The van der Waals surface area contributed by atoms with Gasteiger partial charge in [-0.05, 0) is 37.2 Å². The van der Waals surface area contributed by atoms with E-state index in [2.05, 4.69) is 48.7 Å². The second kappa shape index (κ2) is 7.06. The van der Waals surface area contributed by atoms with Crippen LogP contribution < -0.4 is 10.6 Å². The monoisotopic (exact) mass is 284 g/mol. The summed E-state index contributed by atoms with van der Waals surface area (Å²) in [6, 6.07) is 21.0. The van der Waals surface area contributed by atoms with Crippen LogP contribution in [0.1, 0.15) is 37.1 Å². The van der Waals surface area contributed by atoms with Gasteiger partial charge in [-0.2, -0.15) is 0 Å². The molecule has 0 aliphatic rings. The Bertz CT molecular complexity index is 490. The molecule has 0 saturated heterocycles. The van der Waals surface area contributed by atoms with E-state index in [0.717, 1.165) is 0 Å². The van der Waals surface area contributed by atoms with Crippen molar-refractivity contribution in [3.05, 3.63) is 71.8 Å². The van der Waals surface area contributed by atoms with E-state index in [-0.39, 0.29) is 12.1 Å². The minimum Gasteiger partial charge on any atom is -0.356 e. The van der Waals surface area contributed by atoms with E-state index in [1.807, 2.05) is 36.4 Å². The van der Waals surface area contributed by atoms with Gasteiger partial charge in [-0.1, -0.05) is 60.7 Å². The normalized spacial score (nSPS) is 13.3. The third kappa shape index (κ3) is 4.07. The molecule has 0 saturated carbocycles. The predicted molar refractivity (Wildman–Crippen MR) is 88.6 cm³/mol. The molecule has 2 rings (SSSR count). The van der Waals surface area contributed by atoms with E-state index < -0.39 is 0 Å². The minimum absolute atomic E-state index is 0.194. The van der Waals surface area contributed by atoms with Gasteiger partial charge in [0.25, 0.3) is 0 Å². The SMILES string of the molecule is C[C@H](NC(=S)N[C@@H](C)c1ccccc1)c1ccccc1. The summed E-state index contributed by atoms with van der Waals surface area (Å²) in [5.41, 5.74) is 2.45. The lowest BCUT2D eigenvalue weighted by Gasteiger charge is -2.21. The molecule has 0 spiro atoms. The predicted octanol–water partition coefficient (Wildman–Crippen LogP) is 3.97. The number of hydrogen-bond acceptors (Lipinski definition) is 1. The molecular formula is C17H20N2S. The Kier molecular flexibility index (Phi) is 5.13. The highest BCUT2D eigenvalue weighted by molar-refractivity contribution is 7.80. The highest BCUT2D eigenvalue weighted by atomic mass is 32.1. The zero-order valence-corrected chi connectivity index (χ0v) is 12.7. The quantitative estimate of drug-likeness (QED) is 0.831. The van der Waals surface area contributed by atoms with Gasteiger partial charge in [-0.25, -0.2) is 0 Å². The molecular weight excluding hydrogens is 264 g/mol. The van der Waals surface area contributed by atoms with Crippen molar-refractivity contribution in [2.24, 2.45) is 0 Å². The number of benzene rings is 2. The number of nitrogens with one attached hydrogen (secondary N) is 2. The van der Waals surface area contributed by atoms with Gasteiger partial charge < -0.3 is 10.6 Å². The van der Waals surface area contributed by atoms with Gasteiger partial charge >= 0.3 is 0 Å². The maximum Gasteiger partial charge on any atom is 0.167 e. The maximum absolute atomic E-state index is 5.38. The number of hydrogen-bond donors (Lipinski definition) is 2. The van der Waals surface area contributed by atoms with Crippen molar-refractivity contribution >= 4 is 17.3 Å². The molecule has 0 radical (unpaired) electrons. The van der Waals surface area contributed by atoms with E-state index in [1.165, 1.54) is 11.1 Å². The molecule has 0 amide bonds.